The van der Waals surface area contributed by atoms with Crippen molar-refractivity contribution in [2.45, 2.75) is 39.5 Å². The van der Waals surface area contributed by atoms with Crippen LogP contribution in [0.25, 0.3) is 11.1 Å². The van der Waals surface area contributed by atoms with Gasteiger partial charge in [0.2, 0.25) is 0 Å². The minimum Gasteiger partial charge on any atom is -0.264 e. The van der Waals surface area contributed by atoms with Crippen molar-refractivity contribution < 1.29 is 0 Å². The van der Waals surface area contributed by atoms with Gasteiger partial charge >= 0.3 is 0 Å². The summed E-state index contributed by atoms with van der Waals surface area (Å²) >= 11 is 0. The van der Waals surface area contributed by atoms with Gasteiger partial charge in [-0.1, -0.05) is 52.0 Å². The van der Waals surface area contributed by atoms with Crippen LogP contribution in [0.5, 0.6) is 0 Å². The van der Waals surface area contributed by atoms with E-state index in [1.807, 2.05) is 12.4 Å². The number of aromatic nitrogens is 1. The summed E-state index contributed by atoms with van der Waals surface area (Å²) in [5, 5.41) is 0. The van der Waals surface area contributed by atoms with Gasteiger partial charge in [0.1, 0.15) is 0 Å². The molecule has 0 atom stereocenters. The van der Waals surface area contributed by atoms with Gasteiger partial charge in [-0.25, -0.2) is 0 Å². The summed E-state index contributed by atoms with van der Waals surface area (Å²) in [5.41, 5.74) is 5.37. The van der Waals surface area contributed by atoms with Crippen LogP contribution in [0.1, 0.15) is 50.7 Å². The molecule has 2 rings (SSSR count). The molecule has 0 saturated carbocycles. The number of rotatable bonds is 3. The summed E-state index contributed by atoms with van der Waals surface area (Å²) in [6.07, 6.45) is 3.88. The first-order valence-corrected chi connectivity index (χ1v) is 6.64. The first-order chi connectivity index (χ1) is 8.61. The molecule has 0 saturated heterocycles. The average Bonchev–Trinajstić information content (AvgIpc) is 2.38. The quantitative estimate of drug-likeness (QED) is 0.735. The Hall–Kier alpha value is -1.63. The van der Waals surface area contributed by atoms with Crippen molar-refractivity contribution >= 4 is 0 Å². The Labute approximate surface area is 110 Å². The summed E-state index contributed by atoms with van der Waals surface area (Å²) in [7, 11) is 0. The summed E-state index contributed by atoms with van der Waals surface area (Å²) in [6, 6.07) is 10.8. The predicted octanol–water partition coefficient (Wildman–Crippen LogP) is 5.00. The van der Waals surface area contributed by atoms with Gasteiger partial charge in [-0.2, -0.15) is 0 Å². The number of pyridine rings is 1. The molecule has 1 heteroatoms. The second-order valence-corrected chi connectivity index (χ2v) is 5.36. The van der Waals surface area contributed by atoms with E-state index in [-0.39, 0.29) is 0 Å². The van der Waals surface area contributed by atoms with E-state index in [1.165, 1.54) is 22.3 Å². The van der Waals surface area contributed by atoms with Gasteiger partial charge in [0.05, 0.1) is 0 Å². The fraction of sp³-hybridized carbons (Fsp3) is 0.353. The molecule has 1 heterocycles. The molecule has 0 bridgehead atoms. The molecule has 0 spiro atoms. The van der Waals surface area contributed by atoms with Crippen LogP contribution in [0.3, 0.4) is 0 Å². The molecular formula is C17H21N. The van der Waals surface area contributed by atoms with Crippen molar-refractivity contribution in [3.8, 4) is 11.1 Å². The minimum atomic E-state index is 0.517. The molecule has 0 aliphatic heterocycles. The highest BCUT2D eigenvalue weighted by Gasteiger charge is 2.13. The Bertz CT molecular complexity index is 477. The van der Waals surface area contributed by atoms with Gasteiger partial charge < -0.3 is 0 Å². The Morgan fingerprint density at radius 3 is 2.06 bits per heavy atom. The van der Waals surface area contributed by atoms with Crippen LogP contribution < -0.4 is 0 Å². The van der Waals surface area contributed by atoms with Crippen LogP contribution in [-0.4, -0.2) is 4.98 Å². The summed E-state index contributed by atoms with van der Waals surface area (Å²) in [5.74, 6) is 1.05. The average molecular weight is 239 g/mol. The van der Waals surface area contributed by atoms with Crippen LogP contribution in [0, 0.1) is 0 Å². The molecule has 0 unspecified atom stereocenters. The first-order valence-electron chi connectivity index (χ1n) is 6.64. The van der Waals surface area contributed by atoms with E-state index in [0.29, 0.717) is 11.8 Å². The summed E-state index contributed by atoms with van der Waals surface area (Å²) in [4.78, 5) is 4.30. The van der Waals surface area contributed by atoms with Crippen molar-refractivity contribution in [1.29, 1.82) is 0 Å². The largest absolute Gasteiger partial charge is 0.264 e. The van der Waals surface area contributed by atoms with Gasteiger partial charge in [0, 0.05) is 18.0 Å². The van der Waals surface area contributed by atoms with E-state index in [0.717, 1.165) is 0 Å². The maximum absolute atomic E-state index is 4.30. The predicted molar refractivity (Wildman–Crippen MR) is 77.9 cm³/mol. The van der Waals surface area contributed by atoms with Gasteiger partial charge in [0.25, 0.3) is 0 Å². The highest BCUT2D eigenvalue weighted by atomic mass is 14.6. The Morgan fingerprint density at radius 1 is 0.778 bits per heavy atom. The van der Waals surface area contributed by atoms with E-state index in [2.05, 4.69) is 63.0 Å². The normalized spacial score (nSPS) is 11.2. The van der Waals surface area contributed by atoms with E-state index in [4.69, 9.17) is 0 Å². The number of nitrogens with zero attached hydrogens (tertiary/aromatic N) is 1. The minimum absolute atomic E-state index is 0.517. The van der Waals surface area contributed by atoms with E-state index in [9.17, 15) is 0 Å². The molecule has 0 aliphatic carbocycles. The maximum Gasteiger partial charge on any atom is 0.0349 e. The first kappa shape index (κ1) is 12.8. The molecular weight excluding hydrogens is 218 g/mol. The number of benzene rings is 1. The zero-order valence-corrected chi connectivity index (χ0v) is 11.6. The topological polar surface area (TPSA) is 12.9 Å². The SMILES string of the molecule is CC(C)c1ccccc1-c1cnccc1C(C)C. The molecule has 0 fully saturated rings. The second kappa shape index (κ2) is 5.34. The fourth-order valence-electron chi connectivity index (χ4n) is 2.38. The molecule has 18 heavy (non-hydrogen) atoms. The molecule has 1 nitrogen and oxygen atoms in total. The van der Waals surface area contributed by atoms with E-state index in [1.54, 1.807) is 0 Å². The zero-order chi connectivity index (χ0) is 13.1. The van der Waals surface area contributed by atoms with Crippen molar-refractivity contribution in [3.05, 3.63) is 53.9 Å². The van der Waals surface area contributed by atoms with Crippen LogP contribution in [0.15, 0.2) is 42.7 Å². The lowest BCUT2D eigenvalue weighted by Crippen LogP contribution is -1.97. The van der Waals surface area contributed by atoms with Crippen molar-refractivity contribution in [2.24, 2.45) is 0 Å². The number of hydrogen-bond acceptors (Lipinski definition) is 1. The Balaban J connectivity index is 2.62. The summed E-state index contributed by atoms with van der Waals surface area (Å²) in [6.45, 7) is 8.95. The Kier molecular flexibility index (Phi) is 3.81. The van der Waals surface area contributed by atoms with Crippen molar-refractivity contribution in [1.82, 2.24) is 4.98 Å². The smallest absolute Gasteiger partial charge is 0.0349 e. The molecule has 0 N–H and O–H groups in total. The lowest BCUT2D eigenvalue weighted by molar-refractivity contribution is 0.854. The van der Waals surface area contributed by atoms with E-state index < -0.39 is 0 Å². The molecule has 94 valence electrons. The third kappa shape index (κ3) is 2.45. The fourth-order valence-corrected chi connectivity index (χ4v) is 2.38. The lowest BCUT2D eigenvalue weighted by atomic mass is 9.88. The standard InChI is InChI=1S/C17H21N/c1-12(2)14-7-5-6-8-16(14)17-11-18-10-9-15(17)13(3)4/h5-13H,1-4H3. The molecule has 0 amide bonds. The third-order valence-corrected chi connectivity index (χ3v) is 3.35. The molecule has 1 aromatic heterocycles. The Morgan fingerprint density at radius 2 is 1.39 bits per heavy atom. The van der Waals surface area contributed by atoms with Crippen LogP contribution in [0.2, 0.25) is 0 Å². The lowest BCUT2D eigenvalue weighted by Gasteiger charge is -2.17. The van der Waals surface area contributed by atoms with Crippen LogP contribution >= 0.6 is 0 Å². The molecule has 2 aromatic rings. The van der Waals surface area contributed by atoms with Gasteiger partial charge in [-0.3, -0.25) is 4.98 Å². The van der Waals surface area contributed by atoms with Gasteiger partial charge in [-0.05, 0) is 34.6 Å². The number of hydrogen-bond donors (Lipinski definition) is 0. The highest BCUT2D eigenvalue weighted by Crippen LogP contribution is 2.33. The van der Waals surface area contributed by atoms with Crippen molar-refractivity contribution in [3.63, 3.8) is 0 Å². The second-order valence-electron chi connectivity index (χ2n) is 5.36. The molecule has 0 radical (unpaired) electrons. The van der Waals surface area contributed by atoms with Crippen LogP contribution in [0.4, 0.5) is 0 Å². The monoisotopic (exact) mass is 239 g/mol. The maximum atomic E-state index is 4.30. The van der Waals surface area contributed by atoms with E-state index >= 15 is 0 Å². The summed E-state index contributed by atoms with van der Waals surface area (Å²) < 4.78 is 0. The van der Waals surface area contributed by atoms with Crippen molar-refractivity contribution in [2.75, 3.05) is 0 Å². The molecule has 0 aliphatic rings. The highest BCUT2D eigenvalue weighted by molar-refractivity contribution is 5.71. The van der Waals surface area contributed by atoms with Gasteiger partial charge in [0.15, 0.2) is 0 Å². The molecule has 1 aromatic carbocycles. The van der Waals surface area contributed by atoms with Crippen LogP contribution in [-0.2, 0) is 0 Å². The third-order valence-electron chi connectivity index (χ3n) is 3.35. The van der Waals surface area contributed by atoms with Gasteiger partial charge in [-0.15, -0.1) is 0 Å². The zero-order valence-electron chi connectivity index (χ0n) is 11.6.